The lowest BCUT2D eigenvalue weighted by Gasteiger charge is -2.17. The van der Waals surface area contributed by atoms with Crippen molar-refractivity contribution < 1.29 is 9.32 Å². The molecule has 140 valence electrons. The summed E-state index contributed by atoms with van der Waals surface area (Å²) in [6.07, 6.45) is 7.06. The van der Waals surface area contributed by atoms with Gasteiger partial charge in [-0.2, -0.15) is 0 Å². The molecular formula is C20H23N5O2. The first-order valence-electron chi connectivity index (χ1n) is 9.23. The fourth-order valence-corrected chi connectivity index (χ4v) is 3.74. The van der Waals surface area contributed by atoms with Crippen LogP contribution in [-0.4, -0.2) is 43.6 Å². The highest BCUT2D eigenvalue weighted by Crippen LogP contribution is 2.26. The van der Waals surface area contributed by atoms with Crippen LogP contribution in [0.15, 0.2) is 41.4 Å². The van der Waals surface area contributed by atoms with E-state index in [4.69, 9.17) is 9.51 Å². The lowest BCUT2D eigenvalue weighted by Crippen LogP contribution is -2.31. The number of pyridine rings is 1. The maximum Gasteiger partial charge on any atom is 0.242 e. The Morgan fingerprint density at radius 2 is 2.22 bits per heavy atom. The van der Waals surface area contributed by atoms with E-state index in [-0.39, 0.29) is 5.91 Å². The Labute approximate surface area is 158 Å². The third-order valence-electron chi connectivity index (χ3n) is 5.11. The second-order valence-electron chi connectivity index (χ2n) is 7.15. The Kier molecular flexibility index (Phi) is 4.75. The minimum atomic E-state index is 0.146. The molecule has 0 unspecified atom stereocenters. The van der Waals surface area contributed by atoms with Gasteiger partial charge in [0.1, 0.15) is 12.3 Å². The summed E-state index contributed by atoms with van der Waals surface area (Å²) in [6, 6.07) is 6.07. The van der Waals surface area contributed by atoms with Crippen molar-refractivity contribution in [3.63, 3.8) is 0 Å². The first-order valence-corrected chi connectivity index (χ1v) is 9.23. The molecule has 0 saturated carbocycles. The molecule has 1 amide bonds. The second-order valence-corrected chi connectivity index (χ2v) is 7.15. The SMILES string of the molecule is Cc1noc(C)c1-c1cccc(C[C@@H]2CCN(C(=O)Cn3ccnc3)C2)n1. The van der Waals surface area contributed by atoms with Gasteiger partial charge in [-0.25, -0.2) is 4.98 Å². The highest BCUT2D eigenvalue weighted by molar-refractivity contribution is 5.76. The molecule has 1 fully saturated rings. The molecular weight excluding hydrogens is 342 g/mol. The van der Waals surface area contributed by atoms with Crippen molar-refractivity contribution in [2.45, 2.75) is 33.2 Å². The van der Waals surface area contributed by atoms with Crippen LogP contribution in [0.4, 0.5) is 0 Å². The van der Waals surface area contributed by atoms with Gasteiger partial charge in [0.05, 0.1) is 23.3 Å². The molecule has 0 spiro atoms. The van der Waals surface area contributed by atoms with Crippen LogP contribution in [0, 0.1) is 19.8 Å². The number of rotatable bonds is 5. The molecule has 27 heavy (non-hydrogen) atoms. The summed E-state index contributed by atoms with van der Waals surface area (Å²) in [6.45, 7) is 5.78. The number of aromatic nitrogens is 4. The maximum absolute atomic E-state index is 12.4. The van der Waals surface area contributed by atoms with Crippen molar-refractivity contribution in [2.24, 2.45) is 5.92 Å². The topological polar surface area (TPSA) is 77.0 Å². The predicted octanol–water partition coefficient (Wildman–Crippen LogP) is 2.64. The van der Waals surface area contributed by atoms with Gasteiger partial charge in [0.25, 0.3) is 0 Å². The molecule has 0 aliphatic carbocycles. The maximum atomic E-state index is 12.4. The molecule has 4 heterocycles. The average Bonchev–Trinajstić information content (AvgIpc) is 3.38. The van der Waals surface area contributed by atoms with Crippen molar-refractivity contribution in [1.29, 1.82) is 0 Å². The van der Waals surface area contributed by atoms with Crippen molar-refractivity contribution in [3.05, 3.63) is 54.1 Å². The number of amides is 1. The van der Waals surface area contributed by atoms with Crippen LogP contribution >= 0.6 is 0 Å². The monoisotopic (exact) mass is 365 g/mol. The Morgan fingerprint density at radius 3 is 2.96 bits per heavy atom. The highest BCUT2D eigenvalue weighted by Gasteiger charge is 2.26. The normalized spacial score (nSPS) is 16.8. The van der Waals surface area contributed by atoms with Gasteiger partial charge >= 0.3 is 0 Å². The molecule has 0 aromatic carbocycles. The van der Waals surface area contributed by atoms with E-state index in [0.29, 0.717) is 12.5 Å². The summed E-state index contributed by atoms with van der Waals surface area (Å²) in [4.78, 5) is 23.2. The van der Waals surface area contributed by atoms with Gasteiger partial charge in [-0.3, -0.25) is 9.78 Å². The van der Waals surface area contributed by atoms with Crippen LogP contribution < -0.4 is 0 Å². The lowest BCUT2D eigenvalue weighted by molar-refractivity contribution is -0.130. The minimum Gasteiger partial charge on any atom is -0.361 e. The quantitative estimate of drug-likeness (QED) is 0.695. The number of hydrogen-bond donors (Lipinski definition) is 0. The molecule has 0 bridgehead atoms. The largest absolute Gasteiger partial charge is 0.361 e. The van der Waals surface area contributed by atoms with Crippen molar-refractivity contribution >= 4 is 5.91 Å². The van der Waals surface area contributed by atoms with E-state index in [1.807, 2.05) is 41.6 Å². The standard InChI is InChI=1S/C20H23N5O2/c1-14-20(15(2)27-23-14)18-5-3-4-17(22-18)10-16-6-8-25(11-16)19(26)12-24-9-7-21-13-24/h3-5,7,9,13,16H,6,8,10-12H2,1-2H3/t16-/m0/s1. The lowest BCUT2D eigenvalue weighted by atomic mass is 10.0. The van der Waals surface area contributed by atoms with Crippen LogP contribution in [0.2, 0.25) is 0 Å². The zero-order valence-corrected chi connectivity index (χ0v) is 15.6. The van der Waals surface area contributed by atoms with Gasteiger partial charge in [0.2, 0.25) is 5.91 Å². The van der Waals surface area contributed by atoms with Gasteiger partial charge in [0.15, 0.2) is 0 Å². The van der Waals surface area contributed by atoms with Gasteiger partial charge in [0, 0.05) is 31.2 Å². The third kappa shape index (κ3) is 3.77. The van der Waals surface area contributed by atoms with Crippen LogP contribution in [0.25, 0.3) is 11.3 Å². The molecule has 0 radical (unpaired) electrons. The van der Waals surface area contributed by atoms with E-state index >= 15 is 0 Å². The first kappa shape index (κ1) is 17.5. The molecule has 7 nitrogen and oxygen atoms in total. The predicted molar refractivity (Wildman–Crippen MR) is 99.8 cm³/mol. The molecule has 1 aliphatic rings. The number of imidazole rings is 1. The molecule has 0 N–H and O–H groups in total. The second kappa shape index (κ2) is 7.34. The molecule has 1 aliphatic heterocycles. The third-order valence-corrected chi connectivity index (χ3v) is 5.11. The molecule has 7 heteroatoms. The molecule has 3 aromatic heterocycles. The van der Waals surface area contributed by atoms with Gasteiger partial charge in [-0.15, -0.1) is 0 Å². The number of carbonyl (C=O) groups is 1. The Hall–Kier alpha value is -2.96. The Morgan fingerprint density at radius 1 is 1.33 bits per heavy atom. The average molecular weight is 365 g/mol. The van der Waals surface area contributed by atoms with Crippen LogP contribution in [0.3, 0.4) is 0 Å². The van der Waals surface area contributed by atoms with Crippen molar-refractivity contribution in [2.75, 3.05) is 13.1 Å². The van der Waals surface area contributed by atoms with E-state index in [9.17, 15) is 4.79 Å². The van der Waals surface area contributed by atoms with Gasteiger partial charge < -0.3 is 14.0 Å². The van der Waals surface area contributed by atoms with E-state index in [0.717, 1.165) is 54.3 Å². The van der Waals surface area contributed by atoms with E-state index < -0.39 is 0 Å². The van der Waals surface area contributed by atoms with Crippen LogP contribution in [0.1, 0.15) is 23.6 Å². The summed E-state index contributed by atoms with van der Waals surface area (Å²) in [5.74, 6) is 1.37. The minimum absolute atomic E-state index is 0.146. The Bertz CT molecular complexity index is 912. The van der Waals surface area contributed by atoms with Crippen molar-refractivity contribution in [3.8, 4) is 11.3 Å². The Balaban J connectivity index is 1.40. The van der Waals surface area contributed by atoms with E-state index in [1.165, 1.54) is 0 Å². The summed E-state index contributed by atoms with van der Waals surface area (Å²) in [5.41, 5.74) is 3.77. The first-order chi connectivity index (χ1) is 13.1. The molecule has 3 aromatic rings. The van der Waals surface area contributed by atoms with Crippen molar-refractivity contribution in [1.82, 2.24) is 24.6 Å². The number of aryl methyl sites for hydroxylation is 2. The number of hydrogen-bond acceptors (Lipinski definition) is 5. The summed E-state index contributed by atoms with van der Waals surface area (Å²) >= 11 is 0. The van der Waals surface area contributed by atoms with Crippen LogP contribution in [0.5, 0.6) is 0 Å². The summed E-state index contributed by atoms with van der Waals surface area (Å²) < 4.78 is 7.08. The smallest absolute Gasteiger partial charge is 0.242 e. The zero-order valence-electron chi connectivity index (χ0n) is 15.6. The number of nitrogens with zero attached hydrogens (tertiary/aromatic N) is 5. The molecule has 1 saturated heterocycles. The highest BCUT2D eigenvalue weighted by atomic mass is 16.5. The van der Waals surface area contributed by atoms with E-state index in [1.54, 1.807) is 12.5 Å². The van der Waals surface area contributed by atoms with E-state index in [2.05, 4.69) is 16.2 Å². The molecule has 1 atom stereocenters. The number of likely N-dealkylation sites (tertiary alicyclic amines) is 1. The summed E-state index contributed by atoms with van der Waals surface area (Å²) in [7, 11) is 0. The zero-order chi connectivity index (χ0) is 18.8. The van der Waals surface area contributed by atoms with Crippen LogP contribution in [-0.2, 0) is 17.8 Å². The fraction of sp³-hybridized carbons (Fsp3) is 0.400. The fourth-order valence-electron chi connectivity index (χ4n) is 3.74. The molecule has 4 rings (SSSR count). The van der Waals surface area contributed by atoms with Gasteiger partial charge in [-0.05, 0) is 44.7 Å². The summed E-state index contributed by atoms with van der Waals surface area (Å²) in [5, 5.41) is 4.02. The van der Waals surface area contributed by atoms with Gasteiger partial charge in [-0.1, -0.05) is 11.2 Å². The number of carbonyl (C=O) groups excluding carboxylic acids is 1.